The van der Waals surface area contributed by atoms with Crippen molar-refractivity contribution in [3.8, 4) is 0 Å². The Labute approximate surface area is 49.0 Å². The summed E-state index contributed by atoms with van der Waals surface area (Å²) < 4.78 is 0. The molecule has 0 saturated carbocycles. The van der Waals surface area contributed by atoms with Crippen LogP contribution in [0.1, 0.15) is 12.8 Å². The monoisotopic (exact) mass is 110 g/mol. The molecule has 8 heavy (non-hydrogen) atoms. The minimum atomic E-state index is 0.863. The highest BCUT2D eigenvalue weighted by Gasteiger charge is 2.33. The van der Waals surface area contributed by atoms with E-state index in [4.69, 9.17) is 5.73 Å². The summed E-state index contributed by atoms with van der Waals surface area (Å²) in [4.78, 5) is 2.29. The van der Waals surface area contributed by atoms with Crippen molar-refractivity contribution in [2.24, 2.45) is 5.73 Å². The topological polar surface area (TPSA) is 29.0 Å². The lowest BCUT2D eigenvalue weighted by Crippen LogP contribution is -2.08. The van der Waals surface area contributed by atoms with Crippen molar-refractivity contribution in [2.75, 3.05) is 6.54 Å². The van der Waals surface area contributed by atoms with E-state index in [9.17, 15) is 0 Å². The highest BCUT2D eigenvalue weighted by atomic mass is 15.3. The summed E-state index contributed by atoms with van der Waals surface area (Å²) in [6, 6.07) is 0.863. The molecule has 0 amide bonds. The highest BCUT2D eigenvalue weighted by molar-refractivity contribution is 5.10. The Morgan fingerprint density at radius 3 is 3.25 bits per heavy atom. The maximum absolute atomic E-state index is 5.57. The van der Waals surface area contributed by atoms with Crippen molar-refractivity contribution < 1.29 is 0 Å². The normalized spacial score (nSPS) is 33.8. The first-order valence-electron chi connectivity index (χ1n) is 3.08. The summed E-state index contributed by atoms with van der Waals surface area (Å²) in [6.07, 6.45) is 4.47. The molecular weight excluding hydrogens is 100 g/mol. The minimum absolute atomic E-state index is 0.863. The van der Waals surface area contributed by atoms with Gasteiger partial charge in [0.05, 0.1) is 0 Å². The van der Waals surface area contributed by atoms with E-state index in [1.165, 1.54) is 13.0 Å². The molecule has 2 N–H and O–H groups in total. The van der Waals surface area contributed by atoms with Crippen LogP contribution in [-0.4, -0.2) is 17.5 Å². The van der Waals surface area contributed by atoms with E-state index >= 15 is 0 Å². The van der Waals surface area contributed by atoms with Gasteiger partial charge in [-0.15, -0.1) is 0 Å². The molecule has 2 aliphatic heterocycles. The van der Waals surface area contributed by atoms with Crippen molar-refractivity contribution in [3.05, 3.63) is 11.9 Å². The number of fused-ring (bicyclic) bond motifs is 1. The van der Waals surface area contributed by atoms with Crippen LogP contribution in [0.3, 0.4) is 0 Å². The molecule has 0 radical (unpaired) electrons. The molecule has 1 saturated heterocycles. The van der Waals surface area contributed by atoms with Crippen molar-refractivity contribution in [2.45, 2.75) is 18.9 Å². The molecule has 0 aromatic heterocycles. The molecule has 0 aromatic rings. The molecule has 1 unspecified atom stereocenters. The van der Waals surface area contributed by atoms with Crippen LogP contribution in [0.2, 0.25) is 0 Å². The van der Waals surface area contributed by atoms with Crippen molar-refractivity contribution >= 4 is 0 Å². The Hall–Kier alpha value is -0.660. The SMILES string of the molecule is NC1=CN2CC2CC1. The van der Waals surface area contributed by atoms with Crippen LogP contribution < -0.4 is 5.73 Å². The second-order valence-electron chi connectivity index (χ2n) is 2.59. The van der Waals surface area contributed by atoms with Crippen LogP contribution >= 0.6 is 0 Å². The molecule has 2 heteroatoms. The zero-order valence-corrected chi connectivity index (χ0v) is 4.80. The Morgan fingerprint density at radius 1 is 1.75 bits per heavy atom. The first-order valence-corrected chi connectivity index (χ1v) is 3.08. The minimum Gasteiger partial charge on any atom is -0.401 e. The summed E-state index contributed by atoms with van der Waals surface area (Å²) in [7, 11) is 0. The van der Waals surface area contributed by atoms with Crippen LogP contribution in [0.5, 0.6) is 0 Å². The molecule has 0 aromatic carbocycles. The van der Waals surface area contributed by atoms with Gasteiger partial charge in [-0.2, -0.15) is 0 Å². The van der Waals surface area contributed by atoms with E-state index < -0.39 is 0 Å². The molecule has 2 nitrogen and oxygen atoms in total. The summed E-state index contributed by atoms with van der Waals surface area (Å²) in [5, 5.41) is 0. The fraction of sp³-hybridized carbons (Fsp3) is 0.667. The third-order valence-electron chi connectivity index (χ3n) is 1.85. The second-order valence-corrected chi connectivity index (χ2v) is 2.59. The molecule has 2 rings (SSSR count). The van der Waals surface area contributed by atoms with Gasteiger partial charge in [0.25, 0.3) is 0 Å². The van der Waals surface area contributed by atoms with E-state index in [1.807, 2.05) is 0 Å². The van der Waals surface area contributed by atoms with Gasteiger partial charge in [-0.25, -0.2) is 0 Å². The van der Waals surface area contributed by atoms with Gasteiger partial charge in [0.1, 0.15) is 0 Å². The van der Waals surface area contributed by atoms with Crippen LogP contribution in [0.4, 0.5) is 0 Å². The van der Waals surface area contributed by atoms with Crippen LogP contribution in [0, 0.1) is 0 Å². The number of rotatable bonds is 0. The maximum Gasteiger partial charge on any atom is 0.0464 e. The molecule has 1 atom stereocenters. The fourth-order valence-electron chi connectivity index (χ4n) is 1.22. The molecular formula is C6H10N2. The van der Waals surface area contributed by atoms with E-state index in [0.717, 1.165) is 18.2 Å². The molecule has 2 aliphatic rings. The second kappa shape index (κ2) is 1.19. The number of hydrogen-bond donors (Lipinski definition) is 1. The largest absolute Gasteiger partial charge is 0.401 e. The summed E-state index contributed by atoms with van der Waals surface area (Å²) in [6.45, 7) is 1.25. The first-order chi connectivity index (χ1) is 3.86. The molecule has 1 fully saturated rings. The zero-order chi connectivity index (χ0) is 5.56. The maximum atomic E-state index is 5.57. The molecule has 0 spiro atoms. The Morgan fingerprint density at radius 2 is 2.62 bits per heavy atom. The highest BCUT2D eigenvalue weighted by Crippen LogP contribution is 2.28. The van der Waals surface area contributed by atoms with Gasteiger partial charge in [0.15, 0.2) is 0 Å². The van der Waals surface area contributed by atoms with Crippen LogP contribution in [0.15, 0.2) is 11.9 Å². The Balaban J connectivity index is 2.15. The van der Waals surface area contributed by atoms with E-state index in [0.29, 0.717) is 0 Å². The average Bonchev–Trinajstić information content (AvgIpc) is 2.43. The third-order valence-corrected chi connectivity index (χ3v) is 1.85. The summed E-state index contributed by atoms with van der Waals surface area (Å²) in [5.41, 5.74) is 6.63. The lowest BCUT2D eigenvalue weighted by molar-refractivity contribution is 0.584. The molecule has 0 bridgehead atoms. The average molecular weight is 110 g/mol. The van der Waals surface area contributed by atoms with Crippen molar-refractivity contribution in [1.29, 1.82) is 0 Å². The third kappa shape index (κ3) is 0.489. The lowest BCUT2D eigenvalue weighted by Gasteiger charge is -2.07. The van der Waals surface area contributed by atoms with E-state index in [2.05, 4.69) is 11.1 Å². The lowest BCUT2D eigenvalue weighted by atomic mass is 10.2. The van der Waals surface area contributed by atoms with Crippen molar-refractivity contribution in [3.63, 3.8) is 0 Å². The quantitative estimate of drug-likeness (QED) is 0.453. The Bertz CT molecular complexity index is 139. The number of allylic oxidation sites excluding steroid dienone is 1. The van der Waals surface area contributed by atoms with Crippen LogP contribution in [0.25, 0.3) is 0 Å². The number of hydrogen-bond acceptors (Lipinski definition) is 2. The van der Waals surface area contributed by atoms with E-state index in [1.54, 1.807) is 0 Å². The predicted molar refractivity (Wildman–Crippen MR) is 32.0 cm³/mol. The zero-order valence-electron chi connectivity index (χ0n) is 4.80. The van der Waals surface area contributed by atoms with Gasteiger partial charge < -0.3 is 10.6 Å². The van der Waals surface area contributed by atoms with Gasteiger partial charge in [-0.3, -0.25) is 0 Å². The van der Waals surface area contributed by atoms with Gasteiger partial charge in [0, 0.05) is 24.5 Å². The molecule has 2 heterocycles. The summed E-state index contributed by atoms with van der Waals surface area (Å²) >= 11 is 0. The number of nitrogens with zero attached hydrogens (tertiary/aromatic N) is 1. The Kier molecular flexibility index (Phi) is 0.629. The first kappa shape index (κ1) is 4.24. The van der Waals surface area contributed by atoms with Crippen LogP contribution in [-0.2, 0) is 0 Å². The fourth-order valence-corrected chi connectivity index (χ4v) is 1.22. The van der Waals surface area contributed by atoms with Gasteiger partial charge in [-0.05, 0) is 12.8 Å². The van der Waals surface area contributed by atoms with E-state index in [-0.39, 0.29) is 0 Å². The number of nitrogens with two attached hydrogens (primary N) is 1. The molecule has 0 aliphatic carbocycles. The van der Waals surface area contributed by atoms with Gasteiger partial charge in [0.2, 0.25) is 0 Å². The van der Waals surface area contributed by atoms with Crippen molar-refractivity contribution in [1.82, 2.24) is 4.90 Å². The standard InChI is InChI=1S/C6H10N2/c7-5-1-2-6-4-8(6)3-5/h3,6H,1-2,4,7H2. The van der Waals surface area contributed by atoms with Gasteiger partial charge >= 0.3 is 0 Å². The smallest absolute Gasteiger partial charge is 0.0464 e. The molecule has 44 valence electrons. The summed E-state index contributed by atoms with van der Waals surface area (Å²) in [5.74, 6) is 0. The predicted octanol–water partition coefficient (Wildman–Crippen LogP) is 0.264. The van der Waals surface area contributed by atoms with Gasteiger partial charge in [-0.1, -0.05) is 0 Å².